The van der Waals surface area contributed by atoms with Gasteiger partial charge >= 0.3 is 0 Å². The Hall–Kier alpha value is -2.03. The van der Waals surface area contributed by atoms with Gasteiger partial charge in [-0.15, -0.1) is 0 Å². The third-order valence-corrected chi connectivity index (χ3v) is 4.81. The van der Waals surface area contributed by atoms with Crippen LogP contribution in [0.15, 0.2) is 53.4 Å². The van der Waals surface area contributed by atoms with Crippen molar-refractivity contribution in [2.75, 3.05) is 11.4 Å². The highest BCUT2D eigenvalue weighted by atomic mass is 35.5. The predicted octanol–water partition coefficient (Wildman–Crippen LogP) is 3.04. The Balaban J connectivity index is 2.46. The number of nitriles is 1. The number of rotatable bonds is 3. The van der Waals surface area contributed by atoms with Gasteiger partial charge < -0.3 is 0 Å². The van der Waals surface area contributed by atoms with Crippen molar-refractivity contribution in [2.24, 2.45) is 0 Å². The standard InChI is InChI=1S/C14H11ClN2O2S/c1-17(13-6-2-4-11(8-13)10-16)20(18,19)14-7-3-5-12(15)9-14/h2-9H,1H3. The van der Waals surface area contributed by atoms with Crippen molar-refractivity contribution in [2.45, 2.75) is 4.90 Å². The van der Waals surface area contributed by atoms with Gasteiger partial charge in [0.2, 0.25) is 0 Å². The van der Waals surface area contributed by atoms with Crippen molar-refractivity contribution >= 4 is 27.3 Å². The summed E-state index contributed by atoms with van der Waals surface area (Å²) in [5, 5.41) is 9.22. The lowest BCUT2D eigenvalue weighted by atomic mass is 10.2. The summed E-state index contributed by atoms with van der Waals surface area (Å²) in [5.41, 5.74) is 0.819. The molecule has 0 aromatic heterocycles. The number of benzene rings is 2. The molecule has 0 unspecified atom stereocenters. The van der Waals surface area contributed by atoms with Gasteiger partial charge in [-0.05, 0) is 36.4 Å². The molecule has 0 heterocycles. The molecule has 0 N–H and O–H groups in total. The second-order valence-electron chi connectivity index (χ2n) is 4.09. The van der Waals surface area contributed by atoms with E-state index in [9.17, 15) is 8.42 Å². The first-order valence-electron chi connectivity index (χ1n) is 5.70. The van der Waals surface area contributed by atoms with Crippen molar-refractivity contribution in [1.82, 2.24) is 0 Å². The molecule has 102 valence electrons. The van der Waals surface area contributed by atoms with E-state index >= 15 is 0 Å². The molecule has 20 heavy (non-hydrogen) atoms. The van der Waals surface area contributed by atoms with Crippen LogP contribution < -0.4 is 4.31 Å². The van der Waals surface area contributed by atoms with Gasteiger partial charge in [0.1, 0.15) is 0 Å². The summed E-state index contributed by atoms with van der Waals surface area (Å²) < 4.78 is 26.1. The molecule has 2 aromatic rings. The fourth-order valence-corrected chi connectivity index (χ4v) is 3.18. The van der Waals surface area contributed by atoms with E-state index in [-0.39, 0.29) is 4.90 Å². The number of sulfonamides is 1. The van der Waals surface area contributed by atoms with E-state index in [4.69, 9.17) is 16.9 Å². The summed E-state index contributed by atoms with van der Waals surface area (Å²) in [5.74, 6) is 0. The molecule has 2 aromatic carbocycles. The maximum Gasteiger partial charge on any atom is 0.264 e. The molecule has 4 nitrogen and oxygen atoms in total. The molecular formula is C14H11ClN2O2S. The molecule has 0 saturated heterocycles. The number of hydrogen-bond donors (Lipinski definition) is 0. The quantitative estimate of drug-likeness (QED) is 0.875. The minimum atomic E-state index is -3.70. The zero-order valence-corrected chi connectivity index (χ0v) is 12.2. The largest absolute Gasteiger partial charge is 0.269 e. The lowest BCUT2D eigenvalue weighted by Gasteiger charge is -2.19. The molecular weight excluding hydrogens is 296 g/mol. The predicted molar refractivity (Wildman–Crippen MR) is 78.2 cm³/mol. The molecule has 2 rings (SSSR count). The third-order valence-electron chi connectivity index (χ3n) is 2.79. The molecule has 0 fully saturated rings. The number of anilines is 1. The number of hydrogen-bond acceptors (Lipinski definition) is 3. The first-order valence-corrected chi connectivity index (χ1v) is 7.51. The molecule has 0 bridgehead atoms. The Bertz CT molecular complexity index is 782. The lowest BCUT2D eigenvalue weighted by molar-refractivity contribution is 0.594. The van der Waals surface area contributed by atoms with Crippen molar-refractivity contribution < 1.29 is 8.42 Å². The first kappa shape index (κ1) is 14.4. The van der Waals surface area contributed by atoms with Crippen LogP contribution >= 0.6 is 11.6 Å². The van der Waals surface area contributed by atoms with Gasteiger partial charge in [-0.3, -0.25) is 4.31 Å². The van der Waals surface area contributed by atoms with Crippen LogP contribution in [0.25, 0.3) is 0 Å². The van der Waals surface area contributed by atoms with E-state index < -0.39 is 10.0 Å². The van der Waals surface area contributed by atoms with Crippen molar-refractivity contribution in [3.05, 3.63) is 59.1 Å². The fourth-order valence-electron chi connectivity index (χ4n) is 1.70. The van der Waals surface area contributed by atoms with Gasteiger partial charge in [0.25, 0.3) is 10.0 Å². The van der Waals surface area contributed by atoms with Crippen molar-refractivity contribution in [3.63, 3.8) is 0 Å². The third kappa shape index (κ3) is 2.77. The average Bonchev–Trinajstić information content (AvgIpc) is 2.46. The zero-order valence-electron chi connectivity index (χ0n) is 10.6. The summed E-state index contributed by atoms with van der Waals surface area (Å²) in [4.78, 5) is 0.106. The topological polar surface area (TPSA) is 61.2 Å². The second kappa shape index (κ2) is 5.53. The highest BCUT2D eigenvalue weighted by Gasteiger charge is 2.21. The maximum absolute atomic E-state index is 12.5. The smallest absolute Gasteiger partial charge is 0.264 e. The Morgan fingerprint density at radius 3 is 2.50 bits per heavy atom. The molecule has 0 saturated carbocycles. The SMILES string of the molecule is CN(c1cccc(C#N)c1)S(=O)(=O)c1cccc(Cl)c1. The molecule has 0 aliphatic heterocycles. The van der Waals surface area contributed by atoms with Crippen LogP contribution in [-0.2, 0) is 10.0 Å². The summed E-state index contributed by atoms with van der Waals surface area (Å²) >= 11 is 5.82. The van der Waals surface area contributed by atoms with E-state index in [0.717, 1.165) is 4.31 Å². The van der Waals surface area contributed by atoms with Crippen LogP contribution in [0.4, 0.5) is 5.69 Å². The summed E-state index contributed by atoms with van der Waals surface area (Å²) in [6, 6.07) is 14.4. The molecule has 0 atom stereocenters. The molecule has 0 amide bonds. The van der Waals surface area contributed by atoms with Crippen molar-refractivity contribution in [3.8, 4) is 6.07 Å². The monoisotopic (exact) mass is 306 g/mol. The Morgan fingerprint density at radius 2 is 1.85 bits per heavy atom. The van der Waals surface area contributed by atoms with Gasteiger partial charge in [0.15, 0.2) is 0 Å². The normalized spacial score (nSPS) is 10.8. The Labute approximate surface area is 122 Å². The van der Waals surface area contributed by atoms with Crippen LogP contribution in [0.3, 0.4) is 0 Å². The molecule has 0 aliphatic carbocycles. The van der Waals surface area contributed by atoms with E-state index in [2.05, 4.69) is 0 Å². The van der Waals surface area contributed by atoms with Crippen LogP contribution in [0, 0.1) is 11.3 Å². The van der Waals surface area contributed by atoms with Crippen LogP contribution in [0.2, 0.25) is 5.02 Å². The highest BCUT2D eigenvalue weighted by molar-refractivity contribution is 7.92. The summed E-state index contributed by atoms with van der Waals surface area (Å²) in [6.45, 7) is 0. The summed E-state index contributed by atoms with van der Waals surface area (Å²) in [7, 11) is -2.26. The van der Waals surface area contributed by atoms with E-state index in [0.29, 0.717) is 16.3 Å². The van der Waals surface area contributed by atoms with E-state index in [1.807, 2.05) is 6.07 Å². The lowest BCUT2D eigenvalue weighted by Crippen LogP contribution is -2.26. The van der Waals surface area contributed by atoms with Crippen LogP contribution in [-0.4, -0.2) is 15.5 Å². The zero-order chi connectivity index (χ0) is 14.8. The fraction of sp³-hybridized carbons (Fsp3) is 0.0714. The Morgan fingerprint density at radius 1 is 1.15 bits per heavy atom. The minimum Gasteiger partial charge on any atom is -0.269 e. The van der Waals surface area contributed by atoms with Gasteiger partial charge in [-0.25, -0.2) is 8.42 Å². The van der Waals surface area contributed by atoms with Crippen LogP contribution in [0.5, 0.6) is 0 Å². The Kier molecular flexibility index (Phi) is 3.98. The van der Waals surface area contributed by atoms with Gasteiger partial charge in [-0.2, -0.15) is 5.26 Å². The number of nitrogens with zero attached hydrogens (tertiary/aromatic N) is 2. The van der Waals surface area contributed by atoms with Gasteiger partial charge in [-0.1, -0.05) is 23.7 Å². The minimum absolute atomic E-state index is 0.106. The summed E-state index contributed by atoms with van der Waals surface area (Å²) in [6.07, 6.45) is 0. The van der Waals surface area contributed by atoms with E-state index in [1.54, 1.807) is 30.3 Å². The average molecular weight is 307 g/mol. The molecule has 0 aliphatic rings. The molecule has 0 spiro atoms. The molecule has 6 heteroatoms. The first-order chi connectivity index (χ1) is 9.45. The maximum atomic E-state index is 12.5. The van der Waals surface area contributed by atoms with E-state index in [1.165, 1.54) is 25.2 Å². The second-order valence-corrected chi connectivity index (χ2v) is 6.50. The van der Waals surface area contributed by atoms with Gasteiger partial charge in [0.05, 0.1) is 22.2 Å². The van der Waals surface area contributed by atoms with Crippen molar-refractivity contribution in [1.29, 1.82) is 5.26 Å². The van der Waals surface area contributed by atoms with Gasteiger partial charge in [0, 0.05) is 12.1 Å². The molecule has 0 radical (unpaired) electrons. The number of halogens is 1. The highest BCUT2D eigenvalue weighted by Crippen LogP contribution is 2.24. The van der Waals surface area contributed by atoms with Crippen LogP contribution in [0.1, 0.15) is 5.56 Å².